The predicted octanol–water partition coefficient (Wildman–Crippen LogP) is 1.58. The lowest BCUT2D eigenvalue weighted by Crippen LogP contribution is -2.39. The molecule has 3 rings (SSSR count). The van der Waals surface area contributed by atoms with Crippen LogP contribution in [0.25, 0.3) is 10.6 Å². The van der Waals surface area contributed by atoms with Gasteiger partial charge < -0.3 is 10.1 Å². The average molecular weight is 275 g/mol. The molecule has 0 bridgehead atoms. The molecule has 0 spiro atoms. The third kappa shape index (κ3) is 2.80. The van der Waals surface area contributed by atoms with E-state index < -0.39 is 0 Å². The van der Waals surface area contributed by atoms with Gasteiger partial charge in [0, 0.05) is 30.4 Å². The number of amides is 1. The van der Waals surface area contributed by atoms with Crippen LogP contribution < -0.4 is 5.32 Å². The lowest BCUT2D eigenvalue weighted by atomic mass is 10.1. The quantitative estimate of drug-likeness (QED) is 0.920. The molecule has 0 unspecified atom stereocenters. The van der Waals surface area contributed by atoms with Crippen LogP contribution in [-0.2, 0) is 4.74 Å². The molecule has 1 fully saturated rings. The first kappa shape index (κ1) is 12.3. The first-order chi connectivity index (χ1) is 9.33. The van der Waals surface area contributed by atoms with Crippen molar-refractivity contribution in [3.05, 3.63) is 35.6 Å². The second-order valence-corrected chi connectivity index (χ2v) is 5.42. The molecule has 1 aliphatic heterocycles. The molecular formula is C13H13N3O2S. The molecule has 0 atom stereocenters. The van der Waals surface area contributed by atoms with Gasteiger partial charge in [-0.15, -0.1) is 11.3 Å². The molecule has 0 aliphatic carbocycles. The second-order valence-electron chi connectivity index (χ2n) is 4.38. The predicted molar refractivity (Wildman–Crippen MR) is 72.0 cm³/mol. The van der Waals surface area contributed by atoms with Crippen LogP contribution in [0.15, 0.2) is 30.7 Å². The Hall–Kier alpha value is -1.79. The number of aromatic nitrogens is 2. The zero-order valence-electron chi connectivity index (χ0n) is 10.2. The van der Waals surface area contributed by atoms with Crippen molar-refractivity contribution >= 4 is 17.2 Å². The summed E-state index contributed by atoms with van der Waals surface area (Å²) >= 11 is 1.38. The summed E-state index contributed by atoms with van der Waals surface area (Å²) in [5, 5.41) is 3.71. The van der Waals surface area contributed by atoms with Gasteiger partial charge in [0.2, 0.25) is 0 Å². The topological polar surface area (TPSA) is 64.1 Å². The van der Waals surface area contributed by atoms with Gasteiger partial charge in [-0.2, -0.15) is 0 Å². The van der Waals surface area contributed by atoms with E-state index in [2.05, 4.69) is 15.3 Å². The second kappa shape index (κ2) is 5.46. The monoisotopic (exact) mass is 275 g/mol. The summed E-state index contributed by atoms with van der Waals surface area (Å²) in [4.78, 5) is 20.9. The summed E-state index contributed by atoms with van der Waals surface area (Å²) in [6.07, 6.45) is 5.07. The Balaban J connectivity index is 1.65. The smallest absolute Gasteiger partial charge is 0.263 e. The molecule has 2 aromatic rings. The summed E-state index contributed by atoms with van der Waals surface area (Å²) < 4.78 is 5.07. The summed E-state index contributed by atoms with van der Waals surface area (Å²) in [6, 6.07) is 3.78. The van der Waals surface area contributed by atoms with E-state index in [4.69, 9.17) is 4.74 Å². The van der Waals surface area contributed by atoms with E-state index in [1.807, 2.05) is 12.1 Å². The first-order valence-corrected chi connectivity index (χ1v) is 6.87. The van der Waals surface area contributed by atoms with E-state index in [0.717, 1.165) is 23.8 Å². The normalized spacial score (nSPS) is 14.9. The Bertz CT molecular complexity index is 566. The lowest BCUT2D eigenvalue weighted by Gasteiger charge is -2.25. The summed E-state index contributed by atoms with van der Waals surface area (Å²) in [7, 11) is 0. The maximum Gasteiger partial charge on any atom is 0.263 e. The van der Waals surface area contributed by atoms with E-state index in [0.29, 0.717) is 17.3 Å². The van der Waals surface area contributed by atoms with Crippen LogP contribution in [0.3, 0.4) is 0 Å². The highest BCUT2D eigenvalue weighted by molar-refractivity contribution is 7.16. The Kier molecular flexibility index (Phi) is 3.52. The molecule has 0 aromatic carbocycles. The average Bonchev–Trinajstić information content (AvgIpc) is 2.87. The number of hydrogen-bond acceptors (Lipinski definition) is 5. The maximum absolute atomic E-state index is 11.9. The molecule has 2 aromatic heterocycles. The molecular weight excluding hydrogens is 262 g/mol. The highest BCUT2D eigenvalue weighted by atomic mass is 32.1. The molecule has 1 amide bonds. The molecule has 6 heteroatoms. The lowest BCUT2D eigenvalue weighted by molar-refractivity contribution is -0.0298. The molecule has 1 saturated heterocycles. The van der Waals surface area contributed by atoms with Crippen LogP contribution in [0.2, 0.25) is 0 Å². The van der Waals surface area contributed by atoms with Gasteiger partial charge >= 0.3 is 0 Å². The number of nitrogens with zero attached hydrogens (tertiary/aromatic N) is 2. The molecule has 3 heterocycles. The SMILES string of the molecule is O=C(NCC1COC1)c1cnc(-c2cccnc2)s1. The first-order valence-electron chi connectivity index (χ1n) is 6.05. The van der Waals surface area contributed by atoms with Crippen LogP contribution in [0.1, 0.15) is 9.67 Å². The Morgan fingerprint density at radius 1 is 1.47 bits per heavy atom. The van der Waals surface area contributed by atoms with Gasteiger partial charge in [0.15, 0.2) is 0 Å². The van der Waals surface area contributed by atoms with Gasteiger partial charge in [-0.05, 0) is 12.1 Å². The summed E-state index contributed by atoms with van der Waals surface area (Å²) in [5.74, 6) is 0.384. The Morgan fingerprint density at radius 3 is 3.05 bits per heavy atom. The molecule has 5 nitrogen and oxygen atoms in total. The third-order valence-corrected chi connectivity index (χ3v) is 3.94. The number of pyridine rings is 1. The van der Waals surface area contributed by atoms with Gasteiger partial charge in [0.25, 0.3) is 5.91 Å². The maximum atomic E-state index is 11.9. The molecule has 1 aliphatic rings. The number of rotatable bonds is 4. The molecule has 98 valence electrons. The molecule has 0 radical (unpaired) electrons. The zero-order valence-corrected chi connectivity index (χ0v) is 11.0. The van der Waals surface area contributed by atoms with Gasteiger partial charge in [0.1, 0.15) is 9.88 Å². The fraction of sp³-hybridized carbons (Fsp3) is 0.308. The standard InChI is InChI=1S/C13H13N3O2S/c17-12(15-4-9-7-18-8-9)11-6-16-13(19-11)10-2-1-3-14-5-10/h1-3,5-6,9H,4,7-8H2,(H,15,17). The number of carbonyl (C=O) groups is 1. The number of ether oxygens (including phenoxy) is 1. The van der Waals surface area contributed by atoms with E-state index in [9.17, 15) is 4.79 Å². The number of hydrogen-bond donors (Lipinski definition) is 1. The molecule has 0 saturated carbocycles. The number of nitrogens with one attached hydrogen (secondary N) is 1. The Labute approximate surface area is 114 Å². The number of thiazole rings is 1. The highest BCUT2D eigenvalue weighted by Crippen LogP contribution is 2.24. The summed E-state index contributed by atoms with van der Waals surface area (Å²) in [5.41, 5.74) is 0.930. The van der Waals surface area contributed by atoms with Crippen LogP contribution in [0, 0.1) is 5.92 Å². The van der Waals surface area contributed by atoms with Crippen LogP contribution in [0.5, 0.6) is 0 Å². The number of carbonyl (C=O) groups excluding carboxylic acids is 1. The van der Waals surface area contributed by atoms with Crippen LogP contribution in [-0.4, -0.2) is 35.6 Å². The van der Waals surface area contributed by atoms with E-state index in [1.165, 1.54) is 11.3 Å². The van der Waals surface area contributed by atoms with Crippen molar-refractivity contribution in [2.45, 2.75) is 0 Å². The van der Waals surface area contributed by atoms with Crippen molar-refractivity contribution in [1.82, 2.24) is 15.3 Å². The minimum absolute atomic E-state index is 0.0699. The van der Waals surface area contributed by atoms with Crippen LogP contribution >= 0.6 is 11.3 Å². The molecule has 19 heavy (non-hydrogen) atoms. The van der Waals surface area contributed by atoms with Gasteiger partial charge in [-0.1, -0.05) is 0 Å². The van der Waals surface area contributed by atoms with E-state index in [-0.39, 0.29) is 5.91 Å². The van der Waals surface area contributed by atoms with Gasteiger partial charge in [0.05, 0.1) is 19.4 Å². The largest absolute Gasteiger partial charge is 0.381 e. The summed E-state index contributed by atoms with van der Waals surface area (Å²) in [6.45, 7) is 2.15. The van der Waals surface area contributed by atoms with Crippen LogP contribution in [0.4, 0.5) is 0 Å². The van der Waals surface area contributed by atoms with Crippen molar-refractivity contribution in [3.63, 3.8) is 0 Å². The van der Waals surface area contributed by atoms with Crippen molar-refractivity contribution in [2.75, 3.05) is 19.8 Å². The van der Waals surface area contributed by atoms with Crippen molar-refractivity contribution in [1.29, 1.82) is 0 Å². The molecule has 1 N–H and O–H groups in total. The fourth-order valence-electron chi connectivity index (χ4n) is 1.73. The fourth-order valence-corrected chi connectivity index (χ4v) is 2.55. The highest BCUT2D eigenvalue weighted by Gasteiger charge is 2.20. The van der Waals surface area contributed by atoms with Gasteiger partial charge in [-0.3, -0.25) is 9.78 Å². The van der Waals surface area contributed by atoms with Crippen molar-refractivity contribution < 1.29 is 9.53 Å². The van der Waals surface area contributed by atoms with E-state index >= 15 is 0 Å². The minimum Gasteiger partial charge on any atom is -0.381 e. The van der Waals surface area contributed by atoms with Crippen molar-refractivity contribution in [3.8, 4) is 10.6 Å². The third-order valence-electron chi connectivity index (χ3n) is 2.90. The zero-order chi connectivity index (χ0) is 13.1. The minimum atomic E-state index is -0.0699. The Morgan fingerprint density at radius 2 is 2.37 bits per heavy atom. The van der Waals surface area contributed by atoms with Gasteiger partial charge in [-0.25, -0.2) is 4.98 Å². The van der Waals surface area contributed by atoms with Crippen molar-refractivity contribution in [2.24, 2.45) is 5.92 Å². The van der Waals surface area contributed by atoms with E-state index in [1.54, 1.807) is 18.6 Å².